The Balaban J connectivity index is 5.17. The number of nitrogens with one attached hydrogen (secondary N) is 1. The maximum atomic E-state index is 13.6. The smallest absolute Gasteiger partial charge is 0.456 e. The van der Waals surface area contributed by atoms with Gasteiger partial charge in [-0.05, 0) is 102 Å². The molecule has 3 atom stereocenters. The number of rotatable bonds is 63. The summed E-state index contributed by atoms with van der Waals surface area (Å²) in [6.45, 7) is 6.91. The molecule has 0 aromatic rings. The van der Waals surface area contributed by atoms with Crippen LogP contribution in [-0.2, 0) is 27.9 Å². The second-order valence-corrected chi connectivity index (χ2v) is 26.1. The van der Waals surface area contributed by atoms with Crippen LogP contribution in [-0.4, -0.2) is 74.3 Å². The molecule has 0 heterocycles. The molecule has 0 aromatic heterocycles. The minimum absolute atomic E-state index is 0.0345. The van der Waals surface area contributed by atoms with Gasteiger partial charge in [-0.1, -0.05) is 286 Å². The van der Waals surface area contributed by atoms with Gasteiger partial charge in [-0.15, -0.1) is 0 Å². The summed E-state index contributed by atoms with van der Waals surface area (Å²) in [6.07, 6.45) is 83.0. The monoisotopic (exact) mass is 1180 g/mol. The summed E-state index contributed by atoms with van der Waals surface area (Å²) < 4.78 is 30.8. The third-order valence-corrected chi connectivity index (χ3v) is 16.3. The molecule has 83 heavy (non-hydrogen) atoms. The van der Waals surface area contributed by atoms with Crippen LogP contribution in [0.25, 0.3) is 0 Å². The Morgan fingerprint density at radius 3 is 1.17 bits per heavy atom. The first-order chi connectivity index (χ1) is 40.4. The molecular weight excluding hydrogens is 1050 g/mol. The fourth-order valence-electron chi connectivity index (χ4n) is 9.96. The fraction of sp³-hybridized carbons (Fsp3) is 0.781. The molecule has 0 radical (unpaired) electrons. The number of hydrogen-bond acceptors (Lipinski definition) is 6. The van der Waals surface area contributed by atoms with E-state index in [0.717, 1.165) is 103 Å². The van der Waals surface area contributed by atoms with Crippen molar-refractivity contribution in [3.8, 4) is 0 Å². The molecule has 0 bridgehead atoms. The first-order valence-corrected chi connectivity index (χ1v) is 36.4. The third kappa shape index (κ3) is 63.5. The standard InChI is InChI=1S/C73H133N2O7P/c1-7-10-13-16-19-22-25-28-30-32-34-36-37-39-40-42-44-47-50-53-56-59-62-65-72(76)74-70(69-81-83(78,79)80-68-67-75(4,5)6)71(64-61-58-55-52-49-46-27-24-21-18-15-12-9-3)82-73(77)66-63-60-57-54-51-48-45-43-41-38-35-33-31-29-26-23-20-17-14-11-8-2/h11,14,20,23,28-31,35,38,43,45,61,64,70-71H,7-10,12-13,15-19,21-22,24-27,32-34,36-37,39-42,44,46-60,62-63,65-69H2,1-6H3,(H-,74,76,78,79)/p+1/b14-11-,23-20-,30-28+,31-29-,38-35-,45-43-,64-61+. The van der Waals surface area contributed by atoms with Crippen LogP contribution in [0.4, 0.5) is 0 Å². The van der Waals surface area contributed by atoms with E-state index in [2.05, 4.69) is 99.0 Å². The predicted octanol–water partition coefficient (Wildman–Crippen LogP) is 22.1. The highest BCUT2D eigenvalue weighted by Gasteiger charge is 2.30. The zero-order valence-electron chi connectivity index (χ0n) is 55.2. The summed E-state index contributed by atoms with van der Waals surface area (Å²) in [5, 5.41) is 3.07. The molecule has 0 saturated heterocycles. The maximum Gasteiger partial charge on any atom is 0.472 e. The number of hydrogen-bond donors (Lipinski definition) is 2. The second-order valence-electron chi connectivity index (χ2n) is 24.7. The highest BCUT2D eigenvalue weighted by molar-refractivity contribution is 7.47. The Bertz CT molecular complexity index is 1700. The van der Waals surface area contributed by atoms with Gasteiger partial charge >= 0.3 is 13.8 Å². The van der Waals surface area contributed by atoms with Gasteiger partial charge in [0.25, 0.3) is 0 Å². The number of likely N-dealkylation sites (N-methyl/N-ethyl adjacent to an activating group) is 1. The Labute approximate surface area is 514 Å². The van der Waals surface area contributed by atoms with Crippen molar-refractivity contribution < 1.29 is 37.3 Å². The summed E-state index contributed by atoms with van der Waals surface area (Å²) >= 11 is 0. The number of ether oxygens (including phenoxy) is 1. The molecule has 0 rings (SSSR count). The number of amides is 1. The zero-order valence-corrected chi connectivity index (χ0v) is 56.1. The van der Waals surface area contributed by atoms with Crippen LogP contribution in [0.15, 0.2) is 85.1 Å². The van der Waals surface area contributed by atoms with E-state index < -0.39 is 20.0 Å². The van der Waals surface area contributed by atoms with Crippen molar-refractivity contribution in [2.45, 2.75) is 328 Å². The van der Waals surface area contributed by atoms with E-state index >= 15 is 0 Å². The van der Waals surface area contributed by atoms with E-state index in [9.17, 15) is 19.0 Å². The Hall–Kier alpha value is -2.81. The molecular formula is C73H134N2O7P+. The predicted molar refractivity (Wildman–Crippen MR) is 360 cm³/mol. The molecule has 10 heteroatoms. The molecule has 1 amide bonds. The number of nitrogens with zero attached hydrogens (tertiary/aromatic N) is 1. The molecule has 0 spiro atoms. The van der Waals surface area contributed by atoms with E-state index in [1.54, 1.807) is 0 Å². The lowest BCUT2D eigenvalue weighted by Crippen LogP contribution is -2.47. The number of esters is 1. The van der Waals surface area contributed by atoms with Gasteiger partial charge in [0.15, 0.2) is 0 Å². The van der Waals surface area contributed by atoms with E-state index in [1.165, 1.54) is 173 Å². The summed E-state index contributed by atoms with van der Waals surface area (Å²) in [5.74, 6) is -0.520. The molecule has 2 N–H and O–H groups in total. The molecule has 0 fully saturated rings. The van der Waals surface area contributed by atoms with Crippen molar-refractivity contribution in [1.29, 1.82) is 0 Å². The molecule has 3 unspecified atom stereocenters. The summed E-state index contributed by atoms with van der Waals surface area (Å²) in [7, 11) is 1.48. The van der Waals surface area contributed by atoms with Gasteiger partial charge in [0.1, 0.15) is 19.3 Å². The van der Waals surface area contributed by atoms with E-state index in [-0.39, 0.29) is 31.5 Å². The highest BCUT2D eigenvalue weighted by atomic mass is 31.2. The number of phosphoric acid groups is 1. The minimum atomic E-state index is -4.46. The first kappa shape index (κ1) is 80.2. The average molecular weight is 1180 g/mol. The molecule has 9 nitrogen and oxygen atoms in total. The first-order valence-electron chi connectivity index (χ1n) is 34.9. The van der Waals surface area contributed by atoms with Crippen LogP contribution in [0.5, 0.6) is 0 Å². The lowest BCUT2D eigenvalue weighted by molar-refractivity contribution is -0.870. The van der Waals surface area contributed by atoms with Crippen LogP contribution in [0, 0.1) is 0 Å². The van der Waals surface area contributed by atoms with Gasteiger partial charge < -0.3 is 19.4 Å². The van der Waals surface area contributed by atoms with Crippen LogP contribution < -0.4 is 5.32 Å². The fourth-order valence-corrected chi connectivity index (χ4v) is 10.7. The number of phosphoric ester groups is 1. The van der Waals surface area contributed by atoms with Gasteiger partial charge in [-0.3, -0.25) is 18.6 Å². The normalized spacial score (nSPS) is 14.1. The Kier molecular flexibility index (Phi) is 60.1. The molecule has 0 aliphatic heterocycles. The van der Waals surface area contributed by atoms with E-state index in [0.29, 0.717) is 23.9 Å². The van der Waals surface area contributed by atoms with Crippen LogP contribution in [0.3, 0.4) is 0 Å². The minimum Gasteiger partial charge on any atom is -0.456 e. The third-order valence-electron chi connectivity index (χ3n) is 15.3. The van der Waals surface area contributed by atoms with Crippen molar-refractivity contribution in [2.75, 3.05) is 40.9 Å². The van der Waals surface area contributed by atoms with E-state index in [4.69, 9.17) is 13.8 Å². The molecule has 0 saturated carbocycles. The van der Waals surface area contributed by atoms with Crippen LogP contribution >= 0.6 is 7.82 Å². The molecule has 0 aliphatic carbocycles. The second kappa shape index (κ2) is 62.2. The highest BCUT2D eigenvalue weighted by Crippen LogP contribution is 2.43. The van der Waals surface area contributed by atoms with Gasteiger partial charge in [0.05, 0.1) is 33.8 Å². The largest absolute Gasteiger partial charge is 0.472 e. The molecule has 0 aromatic carbocycles. The Morgan fingerprint density at radius 1 is 0.434 bits per heavy atom. The molecule has 482 valence electrons. The number of carbonyl (C=O) groups excluding carboxylic acids is 2. The van der Waals surface area contributed by atoms with Crippen molar-refractivity contribution in [1.82, 2.24) is 5.32 Å². The van der Waals surface area contributed by atoms with Crippen LogP contribution in [0.2, 0.25) is 0 Å². The summed E-state index contributed by atoms with van der Waals surface area (Å²) in [4.78, 5) is 37.9. The lowest BCUT2D eigenvalue weighted by Gasteiger charge is -2.27. The maximum absolute atomic E-state index is 13.6. The average Bonchev–Trinajstić information content (AvgIpc) is 3.47. The summed E-state index contributed by atoms with van der Waals surface area (Å²) in [5.41, 5.74) is 0. The number of allylic oxidation sites excluding steroid dienone is 13. The quantitative estimate of drug-likeness (QED) is 0.0205. The van der Waals surface area contributed by atoms with Gasteiger partial charge in [-0.25, -0.2) is 4.57 Å². The van der Waals surface area contributed by atoms with Crippen molar-refractivity contribution in [2.24, 2.45) is 0 Å². The Morgan fingerprint density at radius 2 is 0.771 bits per heavy atom. The van der Waals surface area contributed by atoms with Crippen molar-refractivity contribution >= 4 is 19.7 Å². The number of unbranched alkanes of at least 4 members (excludes halogenated alkanes) is 35. The van der Waals surface area contributed by atoms with E-state index in [1.807, 2.05) is 33.3 Å². The van der Waals surface area contributed by atoms with Crippen molar-refractivity contribution in [3.63, 3.8) is 0 Å². The van der Waals surface area contributed by atoms with Crippen LogP contribution in [0.1, 0.15) is 316 Å². The van der Waals surface area contributed by atoms with Crippen molar-refractivity contribution in [3.05, 3.63) is 85.1 Å². The number of carbonyl (C=O) groups is 2. The van der Waals surface area contributed by atoms with Gasteiger partial charge in [-0.2, -0.15) is 0 Å². The molecule has 0 aliphatic rings. The topological polar surface area (TPSA) is 111 Å². The SMILES string of the molecule is CC/C=C\C/C=C\C/C=C\C/C=C\C/C=C\CCCCCCCC(=O)OC(/C=C/CCCCCCCCCCCCC)C(COP(=O)(O)OCC[N+](C)(C)C)NC(=O)CCCCCCCCCCCCCCC/C=C/CCCCCCCC. The lowest BCUT2D eigenvalue weighted by atomic mass is 10.0. The zero-order chi connectivity index (χ0) is 60.7. The summed E-state index contributed by atoms with van der Waals surface area (Å²) in [6, 6.07) is -0.861. The number of quaternary nitrogens is 1. The van der Waals surface area contributed by atoms with Gasteiger partial charge in [0.2, 0.25) is 5.91 Å². The van der Waals surface area contributed by atoms with Gasteiger partial charge in [0, 0.05) is 12.8 Å².